The Balaban J connectivity index is 1.78. The van der Waals surface area contributed by atoms with Gasteiger partial charge >= 0.3 is 0 Å². The highest BCUT2D eigenvalue weighted by atomic mass is 35.5. The molecule has 1 aromatic rings. The molecule has 4 atom stereocenters. The second-order valence-electron chi connectivity index (χ2n) is 9.08. The van der Waals surface area contributed by atoms with E-state index < -0.39 is 16.1 Å². The lowest BCUT2D eigenvalue weighted by Gasteiger charge is -2.23. The summed E-state index contributed by atoms with van der Waals surface area (Å²) >= 11 is 6.51. The van der Waals surface area contributed by atoms with E-state index in [9.17, 15) is 13.5 Å². The van der Waals surface area contributed by atoms with E-state index in [2.05, 4.69) is 25.5 Å². The van der Waals surface area contributed by atoms with Gasteiger partial charge in [-0.3, -0.25) is 0 Å². The predicted octanol–water partition coefficient (Wildman–Crippen LogP) is 4.06. The van der Waals surface area contributed by atoms with Crippen LogP contribution in [0.3, 0.4) is 0 Å². The zero-order chi connectivity index (χ0) is 21.7. The average Bonchev–Trinajstić information content (AvgIpc) is 3.21. The molecule has 2 N–H and O–H groups in total. The highest BCUT2D eigenvalue weighted by molar-refractivity contribution is 7.89. The number of halogens is 1. The molecule has 8 heteroatoms. The summed E-state index contributed by atoms with van der Waals surface area (Å²) in [5.74, 6) is 1.91. The molecule has 6 nitrogen and oxygen atoms in total. The van der Waals surface area contributed by atoms with Crippen LogP contribution < -0.4 is 9.46 Å². The van der Waals surface area contributed by atoms with Crippen molar-refractivity contribution >= 4 is 21.6 Å². The summed E-state index contributed by atoms with van der Waals surface area (Å²) in [6.45, 7) is 6.66. The fourth-order valence-electron chi connectivity index (χ4n) is 3.87. The van der Waals surface area contributed by atoms with Crippen molar-refractivity contribution in [2.75, 3.05) is 19.4 Å². The topological polar surface area (TPSA) is 88.8 Å². The Kier molecular flexibility index (Phi) is 8.88. The van der Waals surface area contributed by atoms with E-state index in [4.69, 9.17) is 20.8 Å². The molecular formula is C21H36ClNO5S. The van der Waals surface area contributed by atoms with Gasteiger partial charge in [0.15, 0.2) is 5.75 Å². The number of nitrogens with one attached hydrogen (secondary N) is 1. The number of unbranched alkanes of at least 4 members (excludes halogenated alkanes) is 3. The maximum absolute atomic E-state index is 11.4. The molecule has 1 aliphatic rings. The van der Waals surface area contributed by atoms with Crippen LogP contribution in [0.5, 0.6) is 5.75 Å². The molecule has 0 amide bonds. The van der Waals surface area contributed by atoms with Gasteiger partial charge in [-0.1, -0.05) is 40.0 Å². The molecule has 1 heterocycles. The second kappa shape index (κ2) is 10.5. The Morgan fingerprint density at radius 1 is 1.24 bits per heavy atom. The summed E-state index contributed by atoms with van der Waals surface area (Å²) in [6.07, 6.45) is 6.11. The SMILES string of the molecule is CNS(=O)(=O)CCCCCC[C@H]1C(Cl)C[C@@H](O)[C@@H]1COc1coc(C(C)(C)C)c1. The third kappa shape index (κ3) is 7.46. The molecular weight excluding hydrogens is 414 g/mol. The molecule has 0 radical (unpaired) electrons. The third-order valence-electron chi connectivity index (χ3n) is 5.74. The molecule has 0 aromatic carbocycles. The molecule has 1 aliphatic carbocycles. The average molecular weight is 450 g/mol. The number of sulfonamides is 1. The Labute approximate surface area is 180 Å². The minimum atomic E-state index is -3.12. The third-order valence-corrected chi connectivity index (χ3v) is 7.69. The van der Waals surface area contributed by atoms with E-state index in [1.165, 1.54) is 7.05 Å². The van der Waals surface area contributed by atoms with Crippen molar-refractivity contribution in [1.29, 1.82) is 0 Å². The van der Waals surface area contributed by atoms with E-state index in [-0.39, 0.29) is 28.4 Å². The Morgan fingerprint density at radius 3 is 2.55 bits per heavy atom. The van der Waals surface area contributed by atoms with Gasteiger partial charge in [-0.2, -0.15) is 0 Å². The van der Waals surface area contributed by atoms with E-state index in [1.807, 2.05) is 6.07 Å². The zero-order valence-corrected chi connectivity index (χ0v) is 19.6. The summed E-state index contributed by atoms with van der Waals surface area (Å²) in [6, 6.07) is 1.91. The molecule has 1 aromatic heterocycles. The molecule has 168 valence electrons. The number of alkyl halides is 1. The molecule has 1 unspecified atom stereocenters. The summed E-state index contributed by atoms with van der Waals surface area (Å²) in [5.41, 5.74) is -0.0786. The molecule has 1 saturated carbocycles. The van der Waals surface area contributed by atoms with Crippen LogP contribution in [0, 0.1) is 11.8 Å². The number of furan rings is 1. The zero-order valence-electron chi connectivity index (χ0n) is 18.0. The van der Waals surface area contributed by atoms with Gasteiger partial charge in [0.05, 0.1) is 18.5 Å². The molecule has 0 aliphatic heterocycles. The normalized spacial score (nSPS) is 25.4. The maximum Gasteiger partial charge on any atom is 0.211 e. The lowest BCUT2D eigenvalue weighted by Crippen LogP contribution is -2.27. The number of aliphatic hydroxyl groups is 1. The van der Waals surface area contributed by atoms with Crippen LogP contribution in [0.4, 0.5) is 0 Å². The number of hydrogen-bond acceptors (Lipinski definition) is 5. The minimum Gasteiger partial charge on any atom is -0.490 e. The summed E-state index contributed by atoms with van der Waals surface area (Å²) < 4.78 is 36.7. The molecule has 1 fully saturated rings. The molecule has 0 saturated heterocycles. The van der Waals surface area contributed by atoms with Gasteiger partial charge in [-0.15, -0.1) is 11.6 Å². The van der Waals surface area contributed by atoms with Gasteiger partial charge in [0.25, 0.3) is 0 Å². The lowest BCUT2D eigenvalue weighted by molar-refractivity contribution is 0.0776. The van der Waals surface area contributed by atoms with E-state index in [0.717, 1.165) is 31.4 Å². The highest BCUT2D eigenvalue weighted by Crippen LogP contribution is 2.40. The molecule has 2 rings (SSSR count). The van der Waals surface area contributed by atoms with E-state index >= 15 is 0 Å². The van der Waals surface area contributed by atoms with E-state index in [0.29, 0.717) is 25.2 Å². The number of rotatable bonds is 11. The smallest absolute Gasteiger partial charge is 0.211 e. The fraction of sp³-hybridized carbons (Fsp3) is 0.810. The number of aliphatic hydroxyl groups excluding tert-OH is 1. The molecule has 0 bridgehead atoms. The predicted molar refractivity (Wildman–Crippen MR) is 116 cm³/mol. The van der Waals surface area contributed by atoms with Crippen LogP contribution in [0.1, 0.15) is 65.1 Å². The number of hydrogen-bond donors (Lipinski definition) is 2. The van der Waals surface area contributed by atoms with Crippen molar-refractivity contribution in [2.24, 2.45) is 11.8 Å². The van der Waals surface area contributed by atoms with Crippen molar-refractivity contribution in [1.82, 2.24) is 4.72 Å². The first-order valence-corrected chi connectivity index (χ1v) is 12.6. The number of ether oxygens (including phenoxy) is 1. The van der Waals surface area contributed by atoms with Crippen molar-refractivity contribution < 1.29 is 22.7 Å². The second-order valence-corrected chi connectivity index (χ2v) is 11.7. The Morgan fingerprint density at radius 2 is 1.93 bits per heavy atom. The maximum atomic E-state index is 11.4. The highest BCUT2D eigenvalue weighted by Gasteiger charge is 2.41. The van der Waals surface area contributed by atoms with Crippen molar-refractivity contribution in [3.63, 3.8) is 0 Å². The quantitative estimate of drug-likeness (QED) is 0.392. The first-order valence-electron chi connectivity index (χ1n) is 10.5. The molecule has 0 spiro atoms. The first-order chi connectivity index (χ1) is 13.5. The Hall–Kier alpha value is -0.760. The lowest BCUT2D eigenvalue weighted by atomic mass is 9.90. The van der Waals surface area contributed by atoms with Crippen LogP contribution in [0.15, 0.2) is 16.7 Å². The van der Waals surface area contributed by atoms with Gasteiger partial charge in [0.1, 0.15) is 12.0 Å². The van der Waals surface area contributed by atoms with Crippen molar-refractivity contribution in [2.45, 2.75) is 76.2 Å². The van der Waals surface area contributed by atoms with Gasteiger partial charge < -0.3 is 14.3 Å². The van der Waals surface area contributed by atoms with Gasteiger partial charge in [-0.25, -0.2) is 13.1 Å². The van der Waals surface area contributed by atoms with Gasteiger partial charge in [0, 0.05) is 22.8 Å². The standard InChI is InChI=1S/C21H36ClNO5S/c1-21(2,3)20-11-15(13-28-20)27-14-17-16(18(22)12-19(17)24)9-7-5-6-8-10-29(25,26)23-4/h11,13,16-19,23-24H,5-10,12,14H2,1-4H3/t16-,17-,18?,19-/m1/s1. The Bertz CT molecular complexity index is 728. The van der Waals surface area contributed by atoms with Crippen LogP contribution in [-0.2, 0) is 15.4 Å². The van der Waals surface area contributed by atoms with Crippen molar-refractivity contribution in [3.05, 3.63) is 18.1 Å². The van der Waals surface area contributed by atoms with Crippen LogP contribution in [0.25, 0.3) is 0 Å². The van der Waals surface area contributed by atoms with Crippen molar-refractivity contribution in [3.8, 4) is 5.75 Å². The van der Waals surface area contributed by atoms with Gasteiger partial charge in [-0.05, 0) is 32.2 Å². The minimum absolute atomic E-state index is 0.00449. The van der Waals surface area contributed by atoms with E-state index in [1.54, 1.807) is 6.26 Å². The first kappa shape index (κ1) is 24.5. The largest absolute Gasteiger partial charge is 0.490 e. The van der Waals surface area contributed by atoms with Crippen LogP contribution in [0.2, 0.25) is 0 Å². The summed E-state index contributed by atoms with van der Waals surface area (Å²) in [7, 11) is -1.68. The fourth-order valence-corrected chi connectivity index (χ4v) is 5.16. The molecule has 29 heavy (non-hydrogen) atoms. The van der Waals surface area contributed by atoms with Gasteiger partial charge in [0.2, 0.25) is 10.0 Å². The monoisotopic (exact) mass is 449 g/mol. The summed E-state index contributed by atoms with van der Waals surface area (Å²) in [4.78, 5) is 0. The van der Waals surface area contributed by atoms with Crippen LogP contribution in [-0.4, -0.2) is 44.4 Å². The summed E-state index contributed by atoms with van der Waals surface area (Å²) in [5, 5.41) is 10.4. The van der Waals surface area contributed by atoms with Crippen LogP contribution >= 0.6 is 11.6 Å².